The Labute approximate surface area is 215 Å². The van der Waals surface area contributed by atoms with Crippen molar-refractivity contribution in [3.8, 4) is 11.5 Å². The molecule has 2 atom stereocenters. The molecule has 2 aliphatic heterocycles. The van der Waals surface area contributed by atoms with Crippen LogP contribution in [0.5, 0.6) is 11.5 Å². The molecule has 2 heterocycles. The number of methoxy groups -OCH3 is 1. The molecule has 2 amide bonds. The number of nitrogens with zero attached hydrogens (tertiary/aromatic N) is 3. The van der Waals surface area contributed by atoms with Crippen LogP contribution in [-0.2, 0) is 11.2 Å². The first-order chi connectivity index (χ1) is 17.4. The van der Waals surface area contributed by atoms with Crippen molar-refractivity contribution in [3.63, 3.8) is 0 Å². The highest BCUT2D eigenvalue weighted by Crippen LogP contribution is 2.23. The molecule has 7 heteroatoms. The van der Waals surface area contributed by atoms with E-state index < -0.39 is 0 Å². The van der Waals surface area contributed by atoms with Gasteiger partial charge in [-0.1, -0.05) is 12.1 Å². The molecule has 2 aromatic rings. The van der Waals surface area contributed by atoms with Crippen molar-refractivity contribution in [2.24, 2.45) is 0 Å². The molecule has 0 aliphatic carbocycles. The Morgan fingerprint density at radius 2 is 1.47 bits per heavy atom. The summed E-state index contributed by atoms with van der Waals surface area (Å²) in [6, 6.07) is 15.9. The fraction of sp³-hybridized carbons (Fsp3) is 0.517. The zero-order chi connectivity index (χ0) is 25.5. The number of rotatable bonds is 8. The Kier molecular flexibility index (Phi) is 8.86. The van der Waals surface area contributed by atoms with Crippen molar-refractivity contribution in [1.82, 2.24) is 14.7 Å². The van der Waals surface area contributed by atoms with Crippen LogP contribution >= 0.6 is 0 Å². The van der Waals surface area contributed by atoms with Gasteiger partial charge in [0.25, 0.3) is 11.8 Å². The van der Waals surface area contributed by atoms with Gasteiger partial charge in [0.1, 0.15) is 11.5 Å². The second-order valence-corrected chi connectivity index (χ2v) is 9.97. The summed E-state index contributed by atoms with van der Waals surface area (Å²) in [5.41, 5.74) is 1.94. The van der Waals surface area contributed by atoms with Crippen molar-refractivity contribution >= 4 is 11.8 Å². The Bertz CT molecular complexity index is 990. The highest BCUT2D eigenvalue weighted by Gasteiger charge is 2.29. The van der Waals surface area contributed by atoms with E-state index in [9.17, 15) is 9.59 Å². The number of benzene rings is 2. The molecule has 2 aliphatic rings. The van der Waals surface area contributed by atoms with Crippen LogP contribution in [0.25, 0.3) is 0 Å². The monoisotopic (exact) mass is 493 g/mol. The van der Waals surface area contributed by atoms with Crippen LogP contribution in [0.4, 0.5) is 0 Å². The van der Waals surface area contributed by atoms with E-state index in [-0.39, 0.29) is 30.5 Å². The average Bonchev–Trinajstić information content (AvgIpc) is 2.91. The molecule has 0 aromatic heterocycles. The number of likely N-dealkylation sites (tertiary alicyclic amines) is 1. The number of hydrogen-bond donors (Lipinski definition) is 0. The van der Waals surface area contributed by atoms with Crippen LogP contribution in [0.15, 0.2) is 48.5 Å². The van der Waals surface area contributed by atoms with E-state index in [1.54, 1.807) is 31.4 Å². The summed E-state index contributed by atoms with van der Waals surface area (Å²) >= 11 is 0. The molecule has 194 valence electrons. The minimum absolute atomic E-state index is 0.0275. The molecule has 4 rings (SSSR count). The summed E-state index contributed by atoms with van der Waals surface area (Å²) in [7, 11) is 1.68. The minimum atomic E-state index is 0.0275. The standard InChI is InChI=1S/C29H39N3O4/c1-22-5-4-6-23(2)32(22)28(33)21-36-27-13-9-25(10-14-27)29(34)31-19-17-30(18-20-31)16-15-24-7-11-26(35-3)12-8-24/h7-14,22-23H,4-6,15-21H2,1-3H3. The van der Waals surface area contributed by atoms with E-state index in [2.05, 4.69) is 30.9 Å². The predicted molar refractivity (Wildman–Crippen MR) is 141 cm³/mol. The SMILES string of the molecule is COc1ccc(CCN2CCN(C(=O)c3ccc(OCC(=O)N4C(C)CCCC4C)cc3)CC2)cc1. The number of carbonyl (C=O) groups is 2. The van der Waals surface area contributed by atoms with Crippen LogP contribution in [0.1, 0.15) is 49.0 Å². The third-order valence-corrected chi connectivity index (χ3v) is 7.48. The van der Waals surface area contributed by atoms with E-state index in [0.717, 1.165) is 57.7 Å². The zero-order valence-corrected chi connectivity index (χ0v) is 21.8. The fourth-order valence-electron chi connectivity index (χ4n) is 5.26. The van der Waals surface area contributed by atoms with Gasteiger partial charge in [-0.05, 0) is 81.5 Å². The highest BCUT2D eigenvalue weighted by atomic mass is 16.5. The van der Waals surface area contributed by atoms with Crippen molar-refractivity contribution in [2.75, 3.05) is 46.4 Å². The summed E-state index contributed by atoms with van der Waals surface area (Å²) in [6.07, 6.45) is 4.24. The largest absolute Gasteiger partial charge is 0.497 e. The van der Waals surface area contributed by atoms with E-state index in [0.29, 0.717) is 11.3 Å². The Morgan fingerprint density at radius 1 is 0.861 bits per heavy atom. The van der Waals surface area contributed by atoms with Crippen molar-refractivity contribution in [2.45, 2.75) is 51.6 Å². The number of carbonyl (C=O) groups excluding carboxylic acids is 2. The molecular formula is C29H39N3O4. The van der Waals surface area contributed by atoms with E-state index in [1.165, 1.54) is 12.0 Å². The van der Waals surface area contributed by atoms with E-state index >= 15 is 0 Å². The third-order valence-electron chi connectivity index (χ3n) is 7.48. The van der Waals surface area contributed by atoms with Gasteiger partial charge in [0.15, 0.2) is 6.61 Å². The third kappa shape index (κ3) is 6.58. The van der Waals surface area contributed by atoms with Gasteiger partial charge in [-0.25, -0.2) is 0 Å². The molecule has 0 N–H and O–H groups in total. The van der Waals surface area contributed by atoms with Gasteiger partial charge >= 0.3 is 0 Å². The fourth-order valence-corrected chi connectivity index (χ4v) is 5.26. The normalized spacial score (nSPS) is 20.8. The highest BCUT2D eigenvalue weighted by molar-refractivity contribution is 5.94. The molecule has 0 radical (unpaired) electrons. The molecule has 0 saturated carbocycles. The molecule has 2 aromatic carbocycles. The second-order valence-electron chi connectivity index (χ2n) is 9.97. The lowest BCUT2D eigenvalue weighted by Gasteiger charge is -2.39. The molecule has 2 unspecified atom stereocenters. The molecule has 0 bridgehead atoms. The van der Waals surface area contributed by atoms with Gasteiger partial charge in [-0.2, -0.15) is 0 Å². The second kappa shape index (κ2) is 12.3. The first-order valence-corrected chi connectivity index (χ1v) is 13.1. The van der Waals surface area contributed by atoms with Crippen LogP contribution in [0, 0.1) is 0 Å². The maximum atomic E-state index is 13.0. The molecule has 2 fully saturated rings. The van der Waals surface area contributed by atoms with Crippen LogP contribution in [0.3, 0.4) is 0 Å². The van der Waals surface area contributed by atoms with Crippen LogP contribution in [0.2, 0.25) is 0 Å². The number of amides is 2. The van der Waals surface area contributed by atoms with Crippen LogP contribution < -0.4 is 9.47 Å². The smallest absolute Gasteiger partial charge is 0.260 e. The molecular weight excluding hydrogens is 454 g/mol. The van der Waals surface area contributed by atoms with Gasteiger partial charge < -0.3 is 19.3 Å². The Hall–Kier alpha value is -3.06. The molecule has 7 nitrogen and oxygen atoms in total. The molecule has 2 saturated heterocycles. The summed E-state index contributed by atoms with van der Waals surface area (Å²) < 4.78 is 11.0. The van der Waals surface area contributed by atoms with Crippen molar-refractivity contribution in [1.29, 1.82) is 0 Å². The van der Waals surface area contributed by atoms with Crippen LogP contribution in [-0.4, -0.2) is 85.0 Å². The molecule has 0 spiro atoms. The molecule has 36 heavy (non-hydrogen) atoms. The van der Waals surface area contributed by atoms with Crippen molar-refractivity contribution < 1.29 is 19.1 Å². The minimum Gasteiger partial charge on any atom is -0.497 e. The average molecular weight is 494 g/mol. The predicted octanol–water partition coefficient (Wildman–Crippen LogP) is 3.86. The Balaban J connectivity index is 1.21. The number of ether oxygens (including phenoxy) is 2. The number of piperazine rings is 1. The summed E-state index contributed by atoms with van der Waals surface area (Å²) in [5, 5.41) is 0. The quantitative estimate of drug-likeness (QED) is 0.559. The van der Waals surface area contributed by atoms with Crippen molar-refractivity contribution in [3.05, 3.63) is 59.7 Å². The topological polar surface area (TPSA) is 62.3 Å². The summed E-state index contributed by atoms with van der Waals surface area (Å²) in [4.78, 5) is 32.0. The van der Waals surface area contributed by atoms with Gasteiger partial charge in [0, 0.05) is 50.4 Å². The number of hydrogen-bond acceptors (Lipinski definition) is 5. The lowest BCUT2D eigenvalue weighted by atomic mass is 9.97. The summed E-state index contributed by atoms with van der Waals surface area (Å²) in [6.45, 7) is 8.41. The van der Waals surface area contributed by atoms with Gasteiger partial charge in [0.05, 0.1) is 7.11 Å². The lowest BCUT2D eigenvalue weighted by Crippen LogP contribution is -2.49. The maximum Gasteiger partial charge on any atom is 0.260 e. The summed E-state index contributed by atoms with van der Waals surface area (Å²) in [5.74, 6) is 1.56. The first-order valence-electron chi connectivity index (χ1n) is 13.1. The Morgan fingerprint density at radius 3 is 2.08 bits per heavy atom. The van der Waals surface area contributed by atoms with E-state index in [1.807, 2.05) is 21.9 Å². The van der Waals surface area contributed by atoms with E-state index in [4.69, 9.17) is 9.47 Å². The van der Waals surface area contributed by atoms with Gasteiger partial charge in [0.2, 0.25) is 0 Å². The zero-order valence-electron chi connectivity index (χ0n) is 21.8. The van der Waals surface area contributed by atoms with Gasteiger partial charge in [-0.3, -0.25) is 14.5 Å². The maximum absolute atomic E-state index is 13.0. The van der Waals surface area contributed by atoms with Gasteiger partial charge in [-0.15, -0.1) is 0 Å². The first kappa shape index (κ1) is 26.0. The number of piperidine rings is 1. The lowest BCUT2D eigenvalue weighted by molar-refractivity contribution is -0.139.